The topological polar surface area (TPSA) is 85.2 Å². The summed E-state index contributed by atoms with van der Waals surface area (Å²) in [4.78, 5) is 23.6. The van der Waals surface area contributed by atoms with Gasteiger partial charge in [-0.1, -0.05) is 0 Å². The Kier molecular flexibility index (Phi) is 5.13. The first-order chi connectivity index (χ1) is 10.6. The van der Waals surface area contributed by atoms with Crippen LogP contribution in [-0.4, -0.2) is 28.2 Å². The molecule has 116 valence electrons. The number of aryl methyl sites for hydroxylation is 1. The number of anilines is 2. The summed E-state index contributed by atoms with van der Waals surface area (Å²) in [6, 6.07) is 6.79. The first-order valence-electron chi connectivity index (χ1n) is 7.00. The van der Waals surface area contributed by atoms with Crippen LogP contribution in [0.5, 0.6) is 5.75 Å². The fourth-order valence-corrected chi connectivity index (χ4v) is 1.78. The van der Waals surface area contributed by atoms with E-state index in [4.69, 9.17) is 4.74 Å². The normalized spacial score (nSPS) is 10.1. The molecule has 1 aromatic carbocycles. The molecule has 0 spiro atoms. The van der Waals surface area contributed by atoms with Gasteiger partial charge in [-0.3, -0.25) is 14.3 Å². The minimum Gasteiger partial charge on any atom is -0.494 e. The van der Waals surface area contributed by atoms with Gasteiger partial charge in [0.15, 0.2) is 0 Å². The van der Waals surface area contributed by atoms with Crippen molar-refractivity contribution in [3.05, 3.63) is 36.7 Å². The summed E-state index contributed by atoms with van der Waals surface area (Å²) in [5.41, 5.74) is 1.00. The van der Waals surface area contributed by atoms with Gasteiger partial charge in [-0.2, -0.15) is 5.10 Å². The molecule has 2 aromatic rings. The lowest BCUT2D eigenvalue weighted by Crippen LogP contribution is -2.28. The van der Waals surface area contributed by atoms with E-state index in [9.17, 15) is 9.59 Å². The van der Waals surface area contributed by atoms with Crippen molar-refractivity contribution >= 4 is 23.2 Å². The Balaban J connectivity index is 1.91. The molecule has 0 radical (unpaired) electrons. The number of amides is 2. The molecule has 2 N–H and O–H groups in total. The Bertz CT molecular complexity index is 649. The van der Waals surface area contributed by atoms with E-state index in [2.05, 4.69) is 15.7 Å². The van der Waals surface area contributed by atoms with Crippen molar-refractivity contribution in [2.45, 2.75) is 20.4 Å². The van der Waals surface area contributed by atoms with Gasteiger partial charge in [-0.15, -0.1) is 0 Å². The van der Waals surface area contributed by atoms with Crippen LogP contribution in [0, 0.1) is 0 Å². The third-order valence-electron chi connectivity index (χ3n) is 2.84. The largest absolute Gasteiger partial charge is 0.494 e. The minimum absolute atomic E-state index is 0.480. The third kappa shape index (κ3) is 4.08. The molecule has 7 heteroatoms. The Labute approximate surface area is 128 Å². The summed E-state index contributed by atoms with van der Waals surface area (Å²) in [5, 5.41) is 9.02. The van der Waals surface area contributed by atoms with E-state index in [1.807, 2.05) is 13.8 Å². The summed E-state index contributed by atoms with van der Waals surface area (Å²) in [5.74, 6) is -0.783. The van der Waals surface area contributed by atoms with Crippen LogP contribution >= 0.6 is 0 Å². The lowest BCUT2D eigenvalue weighted by molar-refractivity contribution is -0.132. The van der Waals surface area contributed by atoms with Gasteiger partial charge < -0.3 is 15.4 Å². The van der Waals surface area contributed by atoms with Gasteiger partial charge in [0, 0.05) is 18.4 Å². The summed E-state index contributed by atoms with van der Waals surface area (Å²) in [6.07, 6.45) is 3.15. The fraction of sp³-hybridized carbons (Fsp3) is 0.267. The summed E-state index contributed by atoms with van der Waals surface area (Å²) in [6.45, 7) is 5.08. The van der Waals surface area contributed by atoms with Crippen molar-refractivity contribution in [2.75, 3.05) is 17.2 Å². The van der Waals surface area contributed by atoms with E-state index in [0.717, 1.165) is 0 Å². The average Bonchev–Trinajstić information content (AvgIpc) is 2.97. The van der Waals surface area contributed by atoms with Crippen LogP contribution in [0.2, 0.25) is 0 Å². The van der Waals surface area contributed by atoms with Gasteiger partial charge in [0.05, 0.1) is 18.5 Å². The van der Waals surface area contributed by atoms with Crippen LogP contribution in [0.25, 0.3) is 0 Å². The smallest absolute Gasteiger partial charge is 0.314 e. The molecular weight excluding hydrogens is 284 g/mol. The molecule has 7 nitrogen and oxygen atoms in total. The van der Waals surface area contributed by atoms with Crippen molar-refractivity contribution in [3.8, 4) is 5.75 Å². The zero-order valence-electron chi connectivity index (χ0n) is 12.5. The molecule has 0 bridgehead atoms. The molecule has 1 heterocycles. The standard InChI is InChI=1S/C15H18N4O3/c1-3-19-10-12(9-16-19)18-15(21)14(20)17-11-5-7-13(8-6-11)22-4-2/h5-10H,3-4H2,1-2H3,(H,17,20)(H,18,21). The Morgan fingerprint density at radius 1 is 1.09 bits per heavy atom. The Morgan fingerprint density at radius 2 is 1.73 bits per heavy atom. The van der Waals surface area contributed by atoms with Gasteiger partial charge in [0.25, 0.3) is 0 Å². The van der Waals surface area contributed by atoms with Crippen LogP contribution in [0.3, 0.4) is 0 Å². The summed E-state index contributed by atoms with van der Waals surface area (Å²) in [7, 11) is 0. The first kappa shape index (κ1) is 15.6. The molecule has 0 fully saturated rings. The van der Waals surface area contributed by atoms with E-state index in [1.54, 1.807) is 35.1 Å². The summed E-state index contributed by atoms with van der Waals surface area (Å²) >= 11 is 0. The van der Waals surface area contributed by atoms with Gasteiger partial charge in [-0.25, -0.2) is 0 Å². The zero-order valence-corrected chi connectivity index (χ0v) is 12.5. The quantitative estimate of drug-likeness (QED) is 0.826. The molecule has 2 rings (SSSR count). The molecule has 22 heavy (non-hydrogen) atoms. The zero-order chi connectivity index (χ0) is 15.9. The molecule has 0 saturated heterocycles. The molecule has 0 saturated carbocycles. The molecular formula is C15H18N4O3. The van der Waals surface area contributed by atoms with Crippen molar-refractivity contribution in [3.63, 3.8) is 0 Å². The minimum atomic E-state index is -0.746. The molecule has 0 aliphatic heterocycles. The maximum absolute atomic E-state index is 11.8. The van der Waals surface area contributed by atoms with Crippen LogP contribution in [0.4, 0.5) is 11.4 Å². The lowest BCUT2D eigenvalue weighted by atomic mass is 10.3. The molecule has 0 atom stereocenters. The summed E-state index contributed by atoms with van der Waals surface area (Å²) < 4.78 is 6.96. The van der Waals surface area contributed by atoms with E-state index >= 15 is 0 Å². The lowest BCUT2D eigenvalue weighted by Gasteiger charge is -2.07. The second-order valence-corrected chi connectivity index (χ2v) is 4.45. The predicted molar refractivity (Wildman–Crippen MR) is 82.8 cm³/mol. The number of aromatic nitrogens is 2. The number of benzene rings is 1. The Morgan fingerprint density at radius 3 is 2.27 bits per heavy atom. The highest BCUT2D eigenvalue weighted by atomic mass is 16.5. The van der Waals surface area contributed by atoms with Crippen LogP contribution < -0.4 is 15.4 Å². The molecule has 2 amide bonds. The van der Waals surface area contributed by atoms with Crippen LogP contribution in [0.1, 0.15) is 13.8 Å². The number of hydrogen-bond acceptors (Lipinski definition) is 4. The van der Waals surface area contributed by atoms with E-state index in [1.165, 1.54) is 6.20 Å². The van der Waals surface area contributed by atoms with Crippen molar-refractivity contribution in [1.29, 1.82) is 0 Å². The van der Waals surface area contributed by atoms with E-state index in [-0.39, 0.29) is 0 Å². The SMILES string of the molecule is CCOc1ccc(NC(=O)C(=O)Nc2cnn(CC)c2)cc1. The maximum atomic E-state index is 11.8. The average molecular weight is 302 g/mol. The monoisotopic (exact) mass is 302 g/mol. The van der Waals surface area contributed by atoms with Gasteiger partial charge in [0.2, 0.25) is 0 Å². The number of rotatable bonds is 5. The van der Waals surface area contributed by atoms with Crippen molar-refractivity contribution < 1.29 is 14.3 Å². The first-order valence-corrected chi connectivity index (χ1v) is 7.00. The highest BCUT2D eigenvalue weighted by Crippen LogP contribution is 2.15. The second-order valence-electron chi connectivity index (χ2n) is 4.45. The highest BCUT2D eigenvalue weighted by molar-refractivity contribution is 6.43. The van der Waals surface area contributed by atoms with Crippen LogP contribution in [-0.2, 0) is 16.1 Å². The number of nitrogens with one attached hydrogen (secondary N) is 2. The van der Waals surface area contributed by atoms with E-state index in [0.29, 0.717) is 30.3 Å². The van der Waals surface area contributed by atoms with Crippen molar-refractivity contribution in [2.24, 2.45) is 0 Å². The third-order valence-corrected chi connectivity index (χ3v) is 2.84. The molecule has 0 unspecified atom stereocenters. The van der Waals surface area contributed by atoms with Gasteiger partial charge in [0.1, 0.15) is 5.75 Å². The number of carbonyl (C=O) groups is 2. The number of carbonyl (C=O) groups excluding carboxylic acids is 2. The van der Waals surface area contributed by atoms with Crippen molar-refractivity contribution in [1.82, 2.24) is 9.78 Å². The maximum Gasteiger partial charge on any atom is 0.314 e. The number of ether oxygens (including phenoxy) is 1. The Hall–Kier alpha value is -2.83. The number of hydrogen-bond donors (Lipinski definition) is 2. The highest BCUT2D eigenvalue weighted by Gasteiger charge is 2.14. The molecule has 1 aromatic heterocycles. The van der Waals surface area contributed by atoms with Gasteiger partial charge >= 0.3 is 11.8 Å². The fourth-order valence-electron chi connectivity index (χ4n) is 1.78. The van der Waals surface area contributed by atoms with Gasteiger partial charge in [-0.05, 0) is 38.1 Å². The molecule has 0 aliphatic carbocycles. The van der Waals surface area contributed by atoms with E-state index < -0.39 is 11.8 Å². The van der Waals surface area contributed by atoms with Crippen LogP contribution in [0.15, 0.2) is 36.7 Å². The predicted octanol–water partition coefficient (Wildman–Crippen LogP) is 1.88. The number of nitrogens with zero attached hydrogens (tertiary/aromatic N) is 2. The second kappa shape index (κ2) is 7.26. The molecule has 0 aliphatic rings.